The maximum atomic E-state index is 12.4. The van der Waals surface area contributed by atoms with Gasteiger partial charge in [0.25, 0.3) is 5.91 Å². The first kappa shape index (κ1) is 23.7. The van der Waals surface area contributed by atoms with E-state index >= 15 is 0 Å². The van der Waals surface area contributed by atoms with Crippen LogP contribution in [0.15, 0.2) is 60.1 Å². The molecule has 7 heteroatoms. The maximum absolute atomic E-state index is 12.4. The van der Waals surface area contributed by atoms with Gasteiger partial charge >= 0.3 is 0 Å². The maximum Gasteiger partial charge on any atom is 0.253 e. The number of likely N-dealkylation sites (tertiary alicyclic amines) is 1. The molecule has 1 amide bonds. The first-order chi connectivity index (χ1) is 17.1. The van der Waals surface area contributed by atoms with Crippen LogP contribution in [-0.4, -0.2) is 54.7 Å². The summed E-state index contributed by atoms with van der Waals surface area (Å²) in [6.07, 6.45) is 9.13. The van der Waals surface area contributed by atoms with Crippen LogP contribution < -0.4 is 10.1 Å². The van der Waals surface area contributed by atoms with Gasteiger partial charge in [0.1, 0.15) is 11.4 Å². The predicted molar refractivity (Wildman–Crippen MR) is 140 cm³/mol. The van der Waals surface area contributed by atoms with Gasteiger partial charge in [0, 0.05) is 68.4 Å². The van der Waals surface area contributed by atoms with Crippen molar-refractivity contribution in [1.82, 2.24) is 15.2 Å². The van der Waals surface area contributed by atoms with Gasteiger partial charge in [-0.15, -0.1) is 11.3 Å². The fraction of sp³-hybridized carbons (Fsp3) is 0.357. The van der Waals surface area contributed by atoms with Gasteiger partial charge in [0.05, 0.1) is 17.8 Å². The summed E-state index contributed by atoms with van der Waals surface area (Å²) in [5.74, 6) is 0.808. The van der Waals surface area contributed by atoms with E-state index in [9.17, 15) is 4.79 Å². The van der Waals surface area contributed by atoms with E-state index in [1.165, 1.54) is 0 Å². The van der Waals surface area contributed by atoms with E-state index in [0.29, 0.717) is 12.1 Å². The van der Waals surface area contributed by atoms with Crippen LogP contribution in [-0.2, 0) is 11.3 Å². The summed E-state index contributed by atoms with van der Waals surface area (Å²) in [5, 5.41) is 4.95. The van der Waals surface area contributed by atoms with Crippen molar-refractivity contribution in [3.8, 4) is 17.0 Å². The van der Waals surface area contributed by atoms with Crippen LogP contribution in [0.2, 0.25) is 0 Å². The Balaban J connectivity index is 1.20. The topological polar surface area (TPSA) is 63.7 Å². The molecular weight excluding hydrogens is 458 g/mol. The molecule has 2 aromatic heterocycles. The van der Waals surface area contributed by atoms with E-state index in [0.717, 1.165) is 73.0 Å². The van der Waals surface area contributed by atoms with Crippen LogP contribution in [0.25, 0.3) is 17.3 Å². The number of nitrogens with zero attached hydrogens (tertiary/aromatic N) is 2. The highest BCUT2D eigenvalue weighted by atomic mass is 32.1. The van der Waals surface area contributed by atoms with Gasteiger partial charge in [0.15, 0.2) is 0 Å². The van der Waals surface area contributed by atoms with Crippen LogP contribution in [0.4, 0.5) is 0 Å². The number of carbonyl (C=O) groups is 1. The summed E-state index contributed by atoms with van der Waals surface area (Å²) in [4.78, 5) is 20.6. The van der Waals surface area contributed by atoms with E-state index in [1.807, 2.05) is 41.8 Å². The van der Waals surface area contributed by atoms with Crippen LogP contribution >= 0.6 is 11.3 Å². The molecule has 1 fully saturated rings. The number of hydrogen-bond donors (Lipinski definition) is 1. The average molecular weight is 490 g/mol. The number of aromatic nitrogens is 1. The molecule has 1 N–H and O–H groups in total. The molecule has 0 bridgehead atoms. The first-order valence-electron chi connectivity index (χ1n) is 12.1. The Morgan fingerprint density at radius 2 is 2.11 bits per heavy atom. The van der Waals surface area contributed by atoms with E-state index < -0.39 is 0 Å². The third kappa shape index (κ3) is 5.64. The van der Waals surface area contributed by atoms with E-state index in [-0.39, 0.29) is 11.5 Å². The molecule has 6 nitrogen and oxygen atoms in total. The normalized spacial score (nSPS) is 16.6. The lowest BCUT2D eigenvalue weighted by atomic mass is 9.87. The minimum Gasteiger partial charge on any atom is -0.482 e. The zero-order valence-electron chi connectivity index (χ0n) is 20.0. The van der Waals surface area contributed by atoms with Gasteiger partial charge in [0.2, 0.25) is 0 Å². The number of fused-ring (bicyclic) bond motifs is 1. The number of hydrogen-bond acceptors (Lipinski definition) is 6. The largest absolute Gasteiger partial charge is 0.482 e. The number of benzene rings is 1. The molecular formula is C28H31N3O3S. The van der Waals surface area contributed by atoms with Gasteiger partial charge in [-0.05, 0) is 54.3 Å². The molecule has 1 aromatic carbocycles. The summed E-state index contributed by atoms with van der Waals surface area (Å²) in [6.45, 7) is 4.50. The minimum absolute atomic E-state index is 0.116. The summed E-state index contributed by atoms with van der Waals surface area (Å²) >= 11 is 1.63. The van der Waals surface area contributed by atoms with Crippen molar-refractivity contribution in [1.29, 1.82) is 0 Å². The number of methoxy groups -OCH3 is 1. The van der Waals surface area contributed by atoms with Crippen molar-refractivity contribution in [3.63, 3.8) is 0 Å². The number of amides is 1. The molecule has 2 aliphatic heterocycles. The van der Waals surface area contributed by atoms with Crippen molar-refractivity contribution >= 4 is 23.3 Å². The van der Waals surface area contributed by atoms with Gasteiger partial charge in [-0.1, -0.05) is 12.1 Å². The number of thiophene rings is 1. The lowest BCUT2D eigenvalue weighted by Gasteiger charge is -2.42. The van der Waals surface area contributed by atoms with Gasteiger partial charge in [-0.2, -0.15) is 0 Å². The second-order valence-electron chi connectivity index (χ2n) is 9.13. The standard InChI is InChI=1S/C28H31N3O3S/c1-33-16-3-13-31-14-11-28(12-15-31)10-9-22-18-21(6-8-26(22)34-28)25-7-5-23(19-29-25)27(32)30-20-24-4-2-17-35-24/h2,4-10,17-19H,3,11-16,20H2,1H3,(H,30,32). The lowest BCUT2D eigenvalue weighted by molar-refractivity contribution is 0.0360. The number of pyridine rings is 1. The second kappa shape index (κ2) is 10.7. The van der Waals surface area contributed by atoms with Crippen LogP contribution in [0.5, 0.6) is 5.75 Å². The second-order valence-corrected chi connectivity index (χ2v) is 10.2. The molecule has 0 aliphatic carbocycles. The Hall–Kier alpha value is -3.00. The quantitative estimate of drug-likeness (QED) is 0.451. The number of ether oxygens (including phenoxy) is 2. The molecule has 3 aromatic rings. The smallest absolute Gasteiger partial charge is 0.253 e. The zero-order chi connectivity index (χ0) is 24.1. The number of nitrogens with one attached hydrogen (secondary N) is 1. The Morgan fingerprint density at radius 3 is 2.86 bits per heavy atom. The highest BCUT2D eigenvalue weighted by Gasteiger charge is 2.36. The highest BCUT2D eigenvalue weighted by molar-refractivity contribution is 7.09. The molecule has 1 saturated heterocycles. The molecule has 0 atom stereocenters. The van der Waals surface area contributed by atoms with E-state index in [2.05, 4.69) is 33.4 Å². The third-order valence-corrected chi connectivity index (χ3v) is 7.62. The summed E-state index contributed by atoms with van der Waals surface area (Å²) in [5.41, 5.74) is 3.26. The molecule has 182 valence electrons. The van der Waals surface area contributed by atoms with Crippen molar-refractivity contribution in [2.75, 3.05) is 33.4 Å². The third-order valence-electron chi connectivity index (χ3n) is 6.74. The molecule has 2 aliphatic rings. The minimum atomic E-state index is -0.206. The van der Waals surface area contributed by atoms with Gasteiger partial charge < -0.3 is 19.7 Å². The Labute approximate surface area is 210 Å². The van der Waals surface area contributed by atoms with Gasteiger partial charge in [-0.25, -0.2) is 0 Å². The van der Waals surface area contributed by atoms with Crippen LogP contribution in [0, 0.1) is 0 Å². The molecule has 35 heavy (non-hydrogen) atoms. The van der Waals surface area contributed by atoms with Crippen LogP contribution in [0.1, 0.15) is 40.1 Å². The number of rotatable bonds is 8. The van der Waals surface area contributed by atoms with Crippen molar-refractivity contribution in [3.05, 3.63) is 76.1 Å². The zero-order valence-corrected chi connectivity index (χ0v) is 20.9. The number of carbonyl (C=O) groups excluding carboxylic acids is 1. The van der Waals surface area contributed by atoms with Crippen LogP contribution in [0.3, 0.4) is 0 Å². The van der Waals surface area contributed by atoms with E-state index in [4.69, 9.17) is 9.47 Å². The summed E-state index contributed by atoms with van der Waals surface area (Å²) in [7, 11) is 1.76. The van der Waals surface area contributed by atoms with Crippen molar-refractivity contribution in [2.24, 2.45) is 0 Å². The lowest BCUT2D eigenvalue weighted by Crippen LogP contribution is -2.47. The first-order valence-corrected chi connectivity index (χ1v) is 13.0. The van der Waals surface area contributed by atoms with Crippen molar-refractivity contribution < 1.29 is 14.3 Å². The molecule has 0 unspecified atom stereocenters. The fourth-order valence-corrected chi connectivity index (χ4v) is 5.31. The Bertz CT molecular complexity index is 1170. The Morgan fingerprint density at radius 1 is 1.23 bits per heavy atom. The molecule has 0 radical (unpaired) electrons. The fourth-order valence-electron chi connectivity index (χ4n) is 4.66. The average Bonchev–Trinajstić information content (AvgIpc) is 3.42. The SMILES string of the molecule is COCCCN1CCC2(C=Cc3cc(-c4ccc(C(=O)NCc5cccs5)cn4)ccc3O2)CC1. The molecule has 5 rings (SSSR count). The highest BCUT2D eigenvalue weighted by Crippen LogP contribution is 2.38. The number of piperidine rings is 1. The molecule has 4 heterocycles. The predicted octanol–water partition coefficient (Wildman–Crippen LogP) is 5.02. The molecule has 1 spiro atoms. The summed E-state index contributed by atoms with van der Waals surface area (Å²) < 4.78 is 11.7. The molecule has 0 saturated carbocycles. The van der Waals surface area contributed by atoms with E-state index in [1.54, 1.807) is 24.6 Å². The van der Waals surface area contributed by atoms with Gasteiger partial charge in [-0.3, -0.25) is 9.78 Å². The monoisotopic (exact) mass is 489 g/mol. The van der Waals surface area contributed by atoms with Crippen molar-refractivity contribution in [2.45, 2.75) is 31.4 Å². The Kier molecular flexibility index (Phi) is 7.27. The summed E-state index contributed by atoms with van der Waals surface area (Å²) in [6, 6.07) is 13.9.